The zero-order valence-corrected chi connectivity index (χ0v) is 23.7. The van der Waals surface area contributed by atoms with E-state index in [1.807, 2.05) is 36.5 Å². The van der Waals surface area contributed by atoms with Crippen LogP contribution in [0.3, 0.4) is 0 Å². The Morgan fingerprint density at radius 3 is 1.64 bits per heavy atom. The molecule has 206 valence electrons. The van der Waals surface area contributed by atoms with Gasteiger partial charge < -0.3 is 0 Å². The predicted molar refractivity (Wildman–Crippen MR) is 178 cm³/mol. The molecular formula is C39H25N5. The maximum Gasteiger partial charge on any atom is 0.0972 e. The number of fused-ring (bicyclic) bond motifs is 3. The van der Waals surface area contributed by atoms with Crippen LogP contribution in [0.5, 0.6) is 0 Å². The Hall–Kier alpha value is -6.07. The molecule has 0 aliphatic carbocycles. The van der Waals surface area contributed by atoms with Gasteiger partial charge in [-0.3, -0.25) is 15.0 Å². The van der Waals surface area contributed by atoms with E-state index in [-0.39, 0.29) is 0 Å². The molecule has 0 saturated carbocycles. The lowest BCUT2D eigenvalue weighted by Gasteiger charge is -2.12. The van der Waals surface area contributed by atoms with E-state index in [2.05, 4.69) is 101 Å². The second-order valence-corrected chi connectivity index (χ2v) is 10.6. The Kier molecular flexibility index (Phi) is 6.39. The molecule has 8 rings (SSSR count). The zero-order valence-electron chi connectivity index (χ0n) is 23.7. The van der Waals surface area contributed by atoms with E-state index in [0.29, 0.717) is 0 Å². The van der Waals surface area contributed by atoms with Crippen molar-refractivity contribution in [2.24, 2.45) is 0 Å². The zero-order chi connectivity index (χ0) is 29.3. The highest BCUT2D eigenvalue weighted by atomic mass is 14.8. The molecule has 0 spiro atoms. The van der Waals surface area contributed by atoms with Gasteiger partial charge in [-0.2, -0.15) is 0 Å². The number of aromatic nitrogens is 5. The predicted octanol–water partition coefficient (Wildman–Crippen LogP) is 9.30. The molecule has 0 aliphatic heterocycles. The first kappa shape index (κ1) is 25.6. The second kappa shape index (κ2) is 11.0. The molecule has 0 aliphatic rings. The normalized spacial score (nSPS) is 11.2. The van der Waals surface area contributed by atoms with Crippen molar-refractivity contribution < 1.29 is 0 Å². The lowest BCUT2D eigenvalue weighted by molar-refractivity contribution is 1.27. The van der Waals surface area contributed by atoms with Crippen molar-refractivity contribution in [2.45, 2.75) is 0 Å². The first-order valence-corrected chi connectivity index (χ1v) is 14.5. The molecule has 0 amide bonds. The minimum absolute atomic E-state index is 0.852. The summed E-state index contributed by atoms with van der Waals surface area (Å²) in [6.45, 7) is 0. The van der Waals surface area contributed by atoms with Crippen molar-refractivity contribution in [2.75, 3.05) is 0 Å². The van der Waals surface area contributed by atoms with Crippen LogP contribution in [0.15, 0.2) is 152 Å². The minimum atomic E-state index is 0.852. The molecule has 0 unspecified atom stereocenters. The van der Waals surface area contributed by atoms with E-state index < -0.39 is 0 Å². The maximum absolute atomic E-state index is 5.02. The van der Waals surface area contributed by atoms with Crippen LogP contribution in [-0.4, -0.2) is 24.9 Å². The number of pyridine rings is 5. The van der Waals surface area contributed by atoms with Crippen molar-refractivity contribution >= 4 is 21.7 Å². The Balaban J connectivity index is 1.19. The molecular weight excluding hydrogens is 538 g/mol. The molecule has 5 aromatic heterocycles. The van der Waals surface area contributed by atoms with Gasteiger partial charge in [0.1, 0.15) is 0 Å². The van der Waals surface area contributed by atoms with E-state index in [1.165, 1.54) is 5.39 Å². The molecule has 0 radical (unpaired) electrons. The van der Waals surface area contributed by atoms with Crippen LogP contribution in [0.4, 0.5) is 0 Å². The number of nitrogens with zero attached hydrogens (tertiary/aromatic N) is 5. The van der Waals surface area contributed by atoms with Gasteiger partial charge in [-0.15, -0.1) is 0 Å². The summed E-state index contributed by atoms with van der Waals surface area (Å²) in [6.07, 6.45) is 9.12. The largest absolute Gasteiger partial charge is 0.265 e. The van der Waals surface area contributed by atoms with Gasteiger partial charge in [-0.25, -0.2) is 9.97 Å². The summed E-state index contributed by atoms with van der Waals surface area (Å²) in [5, 5.41) is 3.43. The van der Waals surface area contributed by atoms with E-state index in [9.17, 15) is 0 Å². The van der Waals surface area contributed by atoms with E-state index in [4.69, 9.17) is 15.0 Å². The quantitative estimate of drug-likeness (QED) is 0.195. The van der Waals surface area contributed by atoms with Crippen LogP contribution < -0.4 is 0 Å². The van der Waals surface area contributed by atoms with Gasteiger partial charge >= 0.3 is 0 Å². The third kappa shape index (κ3) is 4.76. The van der Waals surface area contributed by atoms with Crippen LogP contribution in [0.25, 0.3) is 77.8 Å². The van der Waals surface area contributed by atoms with E-state index in [1.54, 1.807) is 24.8 Å². The van der Waals surface area contributed by atoms with Gasteiger partial charge in [0.25, 0.3) is 0 Å². The number of para-hydroxylation sites is 1. The van der Waals surface area contributed by atoms with E-state index >= 15 is 0 Å². The average Bonchev–Trinajstić information content (AvgIpc) is 3.12. The van der Waals surface area contributed by atoms with Crippen molar-refractivity contribution in [1.82, 2.24) is 24.9 Å². The first-order chi connectivity index (χ1) is 21.8. The fraction of sp³-hybridized carbons (Fsp3) is 0. The number of rotatable bonds is 5. The monoisotopic (exact) mass is 563 g/mol. The van der Waals surface area contributed by atoms with Crippen LogP contribution in [0.2, 0.25) is 0 Å². The van der Waals surface area contributed by atoms with Crippen LogP contribution >= 0.6 is 0 Å². The summed E-state index contributed by atoms with van der Waals surface area (Å²) in [5.74, 6) is 0. The summed E-state index contributed by atoms with van der Waals surface area (Å²) in [7, 11) is 0. The molecule has 44 heavy (non-hydrogen) atoms. The molecule has 0 fully saturated rings. The van der Waals surface area contributed by atoms with Gasteiger partial charge in [0.05, 0.1) is 28.3 Å². The highest BCUT2D eigenvalue weighted by molar-refractivity contribution is 6.10. The van der Waals surface area contributed by atoms with Gasteiger partial charge in [-0.05, 0) is 76.7 Å². The van der Waals surface area contributed by atoms with Crippen molar-refractivity contribution in [3.8, 4) is 56.2 Å². The molecule has 0 N–H and O–H groups in total. The highest BCUT2D eigenvalue weighted by Crippen LogP contribution is 2.34. The molecule has 8 aromatic rings. The van der Waals surface area contributed by atoms with Gasteiger partial charge in [0, 0.05) is 58.4 Å². The number of benzene rings is 3. The van der Waals surface area contributed by atoms with Crippen LogP contribution in [0.1, 0.15) is 0 Å². The molecule has 3 aromatic carbocycles. The Morgan fingerprint density at radius 2 is 0.977 bits per heavy atom. The first-order valence-electron chi connectivity index (χ1n) is 14.5. The SMILES string of the molecule is c1cc(-c2ccc(-c3nc4ccccc4c4ccccc34)nc2)cc(-c2cc(-c3ccncc3)nc(-c3ccncc3)c2)c1. The third-order valence-corrected chi connectivity index (χ3v) is 7.92. The molecule has 5 nitrogen and oxygen atoms in total. The van der Waals surface area contributed by atoms with Gasteiger partial charge in [-0.1, -0.05) is 66.7 Å². The molecule has 0 bridgehead atoms. The Morgan fingerprint density at radius 1 is 0.364 bits per heavy atom. The topological polar surface area (TPSA) is 64.5 Å². The van der Waals surface area contributed by atoms with Crippen LogP contribution in [-0.2, 0) is 0 Å². The maximum atomic E-state index is 5.02. The highest BCUT2D eigenvalue weighted by Gasteiger charge is 2.13. The second-order valence-electron chi connectivity index (χ2n) is 10.6. The summed E-state index contributed by atoms with van der Waals surface area (Å²) < 4.78 is 0. The number of hydrogen-bond acceptors (Lipinski definition) is 5. The van der Waals surface area contributed by atoms with Crippen molar-refractivity contribution in [3.63, 3.8) is 0 Å². The summed E-state index contributed by atoms with van der Waals surface area (Å²) in [6, 6.07) is 41.7. The lowest BCUT2D eigenvalue weighted by Crippen LogP contribution is -1.93. The molecule has 0 saturated heterocycles. The standard InChI is InChI=1S/C39H25N5/c1-2-10-34-32(8-1)33-9-3-4-11-35(33)44-39(34)36-13-12-30(25-42-36)28-6-5-7-29(22-28)31-23-37(26-14-18-40-19-15-26)43-38(24-31)27-16-20-41-21-17-27/h1-25H. The average molecular weight is 564 g/mol. The Bertz CT molecular complexity index is 2210. The van der Waals surface area contributed by atoms with E-state index in [0.717, 1.165) is 72.4 Å². The summed E-state index contributed by atoms with van der Waals surface area (Å²) >= 11 is 0. The molecule has 5 heterocycles. The third-order valence-electron chi connectivity index (χ3n) is 7.92. The van der Waals surface area contributed by atoms with Crippen molar-refractivity contribution in [3.05, 3.63) is 152 Å². The Labute approximate surface area is 254 Å². The molecule has 5 heteroatoms. The summed E-state index contributed by atoms with van der Waals surface area (Å²) in [4.78, 5) is 23.3. The van der Waals surface area contributed by atoms with Crippen LogP contribution in [0, 0.1) is 0 Å². The molecule has 0 atom stereocenters. The smallest absolute Gasteiger partial charge is 0.0972 e. The van der Waals surface area contributed by atoms with Crippen molar-refractivity contribution in [1.29, 1.82) is 0 Å². The van der Waals surface area contributed by atoms with Gasteiger partial charge in [0.2, 0.25) is 0 Å². The minimum Gasteiger partial charge on any atom is -0.265 e. The fourth-order valence-electron chi connectivity index (χ4n) is 5.72. The summed E-state index contributed by atoms with van der Waals surface area (Å²) in [5.41, 5.74) is 10.8. The lowest BCUT2D eigenvalue weighted by atomic mass is 9.97. The number of hydrogen-bond donors (Lipinski definition) is 0. The fourth-order valence-corrected chi connectivity index (χ4v) is 5.72. The van der Waals surface area contributed by atoms with Gasteiger partial charge in [0.15, 0.2) is 0 Å².